The van der Waals surface area contributed by atoms with Crippen LogP contribution >= 0.6 is 0 Å². The van der Waals surface area contributed by atoms with Gasteiger partial charge in [-0.15, -0.1) is 0 Å². The zero-order valence-corrected chi connectivity index (χ0v) is 14.9. The van der Waals surface area contributed by atoms with E-state index in [4.69, 9.17) is 5.14 Å². The van der Waals surface area contributed by atoms with Crippen LogP contribution in [0.5, 0.6) is 0 Å². The van der Waals surface area contributed by atoms with Crippen molar-refractivity contribution in [3.8, 4) is 11.1 Å². The zero-order chi connectivity index (χ0) is 19.3. The van der Waals surface area contributed by atoms with E-state index in [1.807, 2.05) is 0 Å². The summed E-state index contributed by atoms with van der Waals surface area (Å²) in [5.41, 5.74) is 0.488. The first-order valence-electron chi connectivity index (χ1n) is 8.37. The fourth-order valence-corrected chi connectivity index (χ4v) is 4.43. The number of hydrogen-bond acceptors (Lipinski definition) is 5. The number of nitrogens with two attached hydrogens (primary N) is 1. The number of amides is 1. The topological polar surface area (TPSA) is 144 Å². The molecule has 1 amide bonds. The predicted molar refractivity (Wildman–Crippen MR) is 96.4 cm³/mol. The van der Waals surface area contributed by atoms with E-state index in [0.29, 0.717) is 26.9 Å². The highest BCUT2D eigenvalue weighted by Gasteiger charge is 2.53. The molecule has 3 atom stereocenters. The van der Waals surface area contributed by atoms with Gasteiger partial charge in [0.05, 0.1) is 0 Å². The van der Waals surface area contributed by atoms with Gasteiger partial charge in [0.15, 0.2) is 5.69 Å². The van der Waals surface area contributed by atoms with Gasteiger partial charge in [-0.05, 0) is 35.6 Å². The molecule has 1 aliphatic carbocycles. The van der Waals surface area contributed by atoms with Crippen LogP contribution in [0.4, 0.5) is 0 Å². The fourth-order valence-electron chi connectivity index (χ4n) is 3.76. The van der Waals surface area contributed by atoms with Crippen molar-refractivity contribution in [3.05, 3.63) is 47.8 Å². The molecule has 1 saturated carbocycles. The lowest BCUT2D eigenvalue weighted by atomic mass is 10.0. The Morgan fingerprint density at radius 1 is 1.22 bits per heavy atom. The molecular formula is C17H18N4O5S. The van der Waals surface area contributed by atoms with Gasteiger partial charge < -0.3 is 15.7 Å². The van der Waals surface area contributed by atoms with Crippen molar-refractivity contribution in [3.63, 3.8) is 0 Å². The number of nitrogens with one attached hydrogen (secondary N) is 2. The van der Waals surface area contributed by atoms with E-state index in [9.17, 15) is 23.1 Å². The van der Waals surface area contributed by atoms with Crippen LogP contribution in [0, 0.1) is 11.8 Å². The fraction of sp³-hybridized carbons (Fsp3) is 0.294. The number of carboxylic acid groups (broad SMARTS) is 1. The Labute approximate surface area is 155 Å². The Morgan fingerprint density at radius 2 is 1.93 bits per heavy atom. The summed E-state index contributed by atoms with van der Waals surface area (Å²) in [4.78, 5) is 24.1. The van der Waals surface area contributed by atoms with Gasteiger partial charge in [0.1, 0.15) is 0 Å². The van der Waals surface area contributed by atoms with Crippen molar-refractivity contribution in [2.45, 2.75) is 6.04 Å². The molecule has 2 aromatic rings. The molecule has 2 fully saturated rings. The third-order valence-electron chi connectivity index (χ3n) is 5.15. The van der Waals surface area contributed by atoms with Crippen molar-refractivity contribution in [2.24, 2.45) is 17.0 Å². The van der Waals surface area contributed by atoms with Gasteiger partial charge in [-0.25, -0.2) is 13.9 Å². The minimum atomic E-state index is -4.26. The summed E-state index contributed by atoms with van der Waals surface area (Å²) >= 11 is 0. The van der Waals surface area contributed by atoms with Gasteiger partial charge >= 0.3 is 16.2 Å². The maximum absolute atomic E-state index is 12.5. The molecule has 5 N–H and O–H groups in total. The second-order valence-electron chi connectivity index (χ2n) is 6.79. The van der Waals surface area contributed by atoms with Crippen LogP contribution in [0.2, 0.25) is 0 Å². The van der Waals surface area contributed by atoms with Gasteiger partial charge in [-0.3, -0.25) is 4.79 Å². The molecule has 142 valence electrons. The van der Waals surface area contributed by atoms with Gasteiger partial charge in [0, 0.05) is 36.5 Å². The van der Waals surface area contributed by atoms with Crippen molar-refractivity contribution in [2.75, 3.05) is 13.1 Å². The molecule has 0 radical (unpaired) electrons. The number of rotatable bonds is 5. The van der Waals surface area contributed by atoms with Crippen LogP contribution in [0.25, 0.3) is 11.1 Å². The van der Waals surface area contributed by atoms with E-state index in [1.54, 1.807) is 24.3 Å². The minimum Gasteiger partial charge on any atom is -0.477 e. The highest BCUT2D eigenvalue weighted by Crippen LogP contribution is 2.41. The predicted octanol–water partition coefficient (Wildman–Crippen LogP) is -0.147. The molecule has 2 heterocycles. The lowest BCUT2D eigenvalue weighted by Gasteiger charge is -2.10. The van der Waals surface area contributed by atoms with E-state index in [1.165, 1.54) is 6.07 Å². The summed E-state index contributed by atoms with van der Waals surface area (Å²) in [7, 11) is -4.26. The van der Waals surface area contributed by atoms with E-state index >= 15 is 0 Å². The Morgan fingerprint density at radius 3 is 2.56 bits per heavy atom. The first kappa shape index (κ1) is 17.7. The number of aromatic carboxylic acids is 1. The summed E-state index contributed by atoms with van der Waals surface area (Å²) < 4.78 is 23.7. The van der Waals surface area contributed by atoms with Gasteiger partial charge in [-0.2, -0.15) is 8.42 Å². The van der Waals surface area contributed by atoms with E-state index in [0.717, 1.165) is 19.3 Å². The summed E-state index contributed by atoms with van der Waals surface area (Å²) in [6.45, 7) is 1.80. The molecule has 0 spiro atoms. The van der Waals surface area contributed by atoms with Crippen LogP contribution in [0.1, 0.15) is 20.8 Å². The first-order chi connectivity index (χ1) is 12.8. The van der Waals surface area contributed by atoms with Crippen LogP contribution in [0.15, 0.2) is 36.5 Å². The normalized spacial score (nSPS) is 23.7. The lowest BCUT2D eigenvalue weighted by Crippen LogP contribution is -2.32. The average molecular weight is 390 g/mol. The number of hydrogen-bond donors (Lipinski definition) is 4. The number of carbonyl (C=O) groups is 2. The molecule has 0 bridgehead atoms. The monoisotopic (exact) mass is 390 g/mol. The third-order valence-corrected chi connectivity index (χ3v) is 6.01. The maximum Gasteiger partial charge on any atom is 0.354 e. The number of carbonyl (C=O) groups excluding carboxylic acids is 1. The highest BCUT2D eigenvalue weighted by atomic mass is 32.2. The Kier molecular flexibility index (Phi) is 4.06. The van der Waals surface area contributed by atoms with Crippen molar-refractivity contribution >= 4 is 22.1 Å². The summed E-state index contributed by atoms with van der Waals surface area (Å²) in [6, 6.07) is 7.93. The Bertz CT molecular complexity index is 1040. The number of nitrogens with zero attached hydrogens (tertiary/aromatic N) is 1. The van der Waals surface area contributed by atoms with Crippen molar-refractivity contribution in [1.82, 2.24) is 14.6 Å². The summed E-state index contributed by atoms with van der Waals surface area (Å²) in [5.74, 6) is -0.727. The van der Waals surface area contributed by atoms with Gasteiger partial charge in [-0.1, -0.05) is 12.1 Å². The molecule has 0 unspecified atom stereocenters. The van der Waals surface area contributed by atoms with Gasteiger partial charge in [0.25, 0.3) is 5.91 Å². The number of aromatic nitrogens is 1. The molecule has 1 saturated heterocycles. The van der Waals surface area contributed by atoms with Gasteiger partial charge in [0.2, 0.25) is 0 Å². The van der Waals surface area contributed by atoms with Crippen molar-refractivity contribution in [1.29, 1.82) is 0 Å². The van der Waals surface area contributed by atoms with Crippen LogP contribution < -0.4 is 15.8 Å². The number of benzene rings is 1. The second kappa shape index (κ2) is 6.19. The Balaban J connectivity index is 1.64. The van der Waals surface area contributed by atoms with E-state index in [-0.39, 0.29) is 17.5 Å². The first-order valence-corrected chi connectivity index (χ1v) is 9.87. The lowest BCUT2D eigenvalue weighted by molar-refractivity contribution is 0.0690. The van der Waals surface area contributed by atoms with E-state index < -0.39 is 21.9 Å². The SMILES string of the molecule is NS(=O)(=O)n1ccc(-c2cccc(C(=O)N[C@H]3[C@@H]4CNC[C@@H]43)c2)c1C(=O)O. The smallest absolute Gasteiger partial charge is 0.354 e. The zero-order valence-electron chi connectivity index (χ0n) is 14.1. The molecule has 27 heavy (non-hydrogen) atoms. The molecule has 10 heteroatoms. The number of piperidine rings is 1. The summed E-state index contributed by atoms with van der Waals surface area (Å²) in [5, 5.41) is 20.8. The second-order valence-corrected chi connectivity index (χ2v) is 8.21. The average Bonchev–Trinajstić information content (AvgIpc) is 3.02. The van der Waals surface area contributed by atoms with Crippen molar-refractivity contribution < 1.29 is 23.1 Å². The summed E-state index contributed by atoms with van der Waals surface area (Å²) in [6.07, 6.45) is 1.08. The maximum atomic E-state index is 12.5. The molecule has 1 aromatic carbocycles. The standard InChI is InChI=1S/C17H18N4O5S/c18-27(25,26)21-5-4-11(15(21)17(23)24)9-2-1-3-10(6-9)16(22)20-14-12-7-19-8-13(12)14/h1-6,12-14,19H,7-8H2,(H,20,22)(H,23,24)(H2,18,25,26)/t12-,13+,14+. The quantitative estimate of drug-likeness (QED) is 0.559. The van der Waals surface area contributed by atoms with Crippen LogP contribution in [-0.4, -0.2) is 48.5 Å². The van der Waals surface area contributed by atoms with Crippen LogP contribution in [-0.2, 0) is 10.2 Å². The molecule has 1 aromatic heterocycles. The highest BCUT2D eigenvalue weighted by molar-refractivity contribution is 7.87. The molecule has 1 aliphatic heterocycles. The number of carboxylic acids is 1. The van der Waals surface area contributed by atoms with E-state index in [2.05, 4.69) is 10.6 Å². The number of fused-ring (bicyclic) bond motifs is 1. The molecular weight excluding hydrogens is 372 g/mol. The molecule has 4 rings (SSSR count). The minimum absolute atomic E-state index is 0.165. The molecule has 2 aliphatic rings. The largest absolute Gasteiger partial charge is 0.477 e. The molecule has 9 nitrogen and oxygen atoms in total. The third kappa shape index (κ3) is 3.11. The van der Waals surface area contributed by atoms with Crippen LogP contribution in [0.3, 0.4) is 0 Å². The Hall–Kier alpha value is -2.69.